The van der Waals surface area contributed by atoms with E-state index in [4.69, 9.17) is 4.74 Å². The van der Waals surface area contributed by atoms with E-state index < -0.39 is 0 Å². The van der Waals surface area contributed by atoms with E-state index >= 15 is 0 Å². The van der Waals surface area contributed by atoms with Crippen molar-refractivity contribution in [1.29, 1.82) is 0 Å². The van der Waals surface area contributed by atoms with Gasteiger partial charge in [-0.15, -0.1) is 0 Å². The number of phenols is 1. The van der Waals surface area contributed by atoms with Crippen molar-refractivity contribution in [1.82, 2.24) is 0 Å². The average Bonchev–Trinajstić information content (AvgIpc) is 2.31. The number of aromatic hydroxyl groups is 1. The molecule has 2 nitrogen and oxygen atoms in total. The lowest BCUT2D eigenvalue weighted by atomic mass is 9.76. The van der Waals surface area contributed by atoms with E-state index in [0.29, 0.717) is 5.75 Å². The lowest BCUT2D eigenvalue weighted by Crippen LogP contribution is -2.21. The summed E-state index contributed by atoms with van der Waals surface area (Å²) < 4.78 is 5.37. The molecule has 1 N–H and O–H groups in total. The van der Waals surface area contributed by atoms with Crippen LogP contribution in [0.2, 0.25) is 0 Å². The Labute approximate surface area is 98.3 Å². The van der Waals surface area contributed by atoms with Crippen molar-refractivity contribution in [2.45, 2.75) is 46.0 Å². The van der Waals surface area contributed by atoms with E-state index in [1.165, 1.54) is 0 Å². The molecule has 0 spiro atoms. The molecule has 0 amide bonds. The van der Waals surface area contributed by atoms with E-state index in [-0.39, 0.29) is 5.41 Å². The third-order valence-electron chi connectivity index (χ3n) is 3.73. The molecule has 1 rings (SSSR count). The largest absolute Gasteiger partial charge is 0.507 e. The van der Waals surface area contributed by atoms with E-state index in [1.807, 2.05) is 19.1 Å². The Morgan fingerprint density at radius 2 is 1.81 bits per heavy atom. The Morgan fingerprint density at radius 1 is 1.25 bits per heavy atom. The smallest absolute Gasteiger partial charge is 0.126 e. The Bertz CT molecular complexity index is 365. The molecule has 0 aromatic heterocycles. The summed E-state index contributed by atoms with van der Waals surface area (Å²) in [6.07, 6.45) is 1.97. The summed E-state index contributed by atoms with van der Waals surface area (Å²) in [4.78, 5) is 0. The van der Waals surface area contributed by atoms with Gasteiger partial charge in [0, 0.05) is 5.56 Å². The third kappa shape index (κ3) is 2.01. The van der Waals surface area contributed by atoms with Crippen molar-refractivity contribution in [3.8, 4) is 11.5 Å². The van der Waals surface area contributed by atoms with Crippen LogP contribution in [-0.4, -0.2) is 12.2 Å². The van der Waals surface area contributed by atoms with Gasteiger partial charge in [-0.05, 0) is 36.8 Å². The fraction of sp³-hybridized carbons (Fsp3) is 0.571. The maximum absolute atomic E-state index is 10.2. The summed E-state index contributed by atoms with van der Waals surface area (Å²) >= 11 is 0. The van der Waals surface area contributed by atoms with Gasteiger partial charge >= 0.3 is 0 Å². The number of phenolic OH excluding ortho intramolecular Hbond substituents is 1. The number of hydrogen-bond acceptors (Lipinski definition) is 2. The van der Waals surface area contributed by atoms with Crippen LogP contribution < -0.4 is 4.74 Å². The van der Waals surface area contributed by atoms with E-state index in [9.17, 15) is 5.11 Å². The summed E-state index contributed by atoms with van der Waals surface area (Å²) in [7, 11) is 1.65. The highest BCUT2D eigenvalue weighted by atomic mass is 16.5. The number of methoxy groups -OCH3 is 1. The molecule has 0 aliphatic heterocycles. The van der Waals surface area contributed by atoms with Crippen LogP contribution in [-0.2, 0) is 5.41 Å². The molecule has 0 fully saturated rings. The highest BCUT2D eigenvalue weighted by Gasteiger charge is 2.29. The van der Waals surface area contributed by atoms with Crippen LogP contribution in [0, 0.1) is 6.92 Å². The molecule has 0 saturated carbocycles. The van der Waals surface area contributed by atoms with Crippen molar-refractivity contribution in [2.24, 2.45) is 0 Å². The second-order valence-electron chi connectivity index (χ2n) is 4.58. The molecule has 0 heterocycles. The fourth-order valence-corrected chi connectivity index (χ4v) is 2.03. The number of hydrogen-bond donors (Lipinski definition) is 1. The van der Waals surface area contributed by atoms with Gasteiger partial charge in [0.25, 0.3) is 0 Å². The van der Waals surface area contributed by atoms with Crippen LogP contribution in [0.5, 0.6) is 11.5 Å². The molecule has 0 saturated heterocycles. The minimum atomic E-state index is -0.0263. The van der Waals surface area contributed by atoms with Crippen LogP contribution in [0.4, 0.5) is 0 Å². The zero-order chi connectivity index (χ0) is 12.3. The number of benzene rings is 1. The van der Waals surface area contributed by atoms with Gasteiger partial charge in [0.1, 0.15) is 11.5 Å². The summed E-state index contributed by atoms with van der Waals surface area (Å²) in [6, 6.07) is 3.83. The first-order valence-corrected chi connectivity index (χ1v) is 5.87. The van der Waals surface area contributed by atoms with Crippen LogP contribution >= 0.6 is 0 Å². The monoisotopic (exact) mass is 222 g/mol. The Kier molecular flexibility index (Phi) is 3.84. The molecule has 1 aromatic rings. The predicted octanol–water partition coefficient (Wildman–Crippen LogP) is 3.79. The zero-order valence-corrected chi connectivity index (χ0v) is 10.9. The van der Waals surface area contributed by atoms with E-state index in [2.05, 4.69) is 20.8 Å². The van der Waals surface area contributed by atoms with Gasteiger partial charge in [-0.3, -0.25) is 0 Å². The predicted molar refractivity (Wildman–Crippen MR) is 67.3 cm³/mol. The molecule has 90 valence electrons. The minimum Gasteiger partial charge on any atom is -0.507 e. The second-order valence-corrected chi connectivity index (χ2v) is 4.58. The lowest BCUT2D eigenvalue weighted by Gasteiger charge is -2.30. The van der Waals surface area contributed by atoms with Crippen LogP contribution in [0.15, 0.2) is 12.1 Å². The second kappa shape index (κ2) is 4.77. The van der Waals surface area contributed by atoms with Crippen LogP contribution in [0.1, 0.15) is 44.7 Å². The molecule has 2 heteroatoms. The van der Waals surface area contributed by atoms with Crippen molar-refractivity contribution < 1.29 is 9.84 Å². The van der Waals surface area contributed by atoms with Crippen molar-refractivity contribution in [2.75, 3.05) is 7.11 Å². The highest BCUT2D eigenvalue weighted by molar-refractivity contribution is 5.52. The first-order valence-electron chi connectivity index (χ1n) is 5.87. The molecule has 16 heavy (non-hydrogen) atoms. The summed E-state index contributed by atoms with van der Waals surface area (Å²) in [6.45, 7) is 8.38. The normalized spacial score (nSPS) is 11.6. The van der Waals surface area contributed by atoms with Crippen molar-refractivity contribution in [3.05, 3.63) is 23.3 Å². The van der Waals surface area contributed by atoms with Crippen LogP contribution in [0.3, 0.4) is 0 Å². The molecule has 0 unspecified atom stereocenters. The molecule has 0 aliphatic rings. The first-order chi connectivity index (χ1) is 7.50. The molecule has 1 aromatic carbocycles. The summed E-state index contributed by atoms with van der Waals surface area (Å²) in [5.41, 5.74) is 1.82. The quantitative estimate of drug-likeness (QED) is 0.840. The molecular weight excluding hydrogens is 200 g/mol. The third-order valence-corrected chi connectivity index (χ3v) is 3.73. The highest BCUT2D eigenvalue weighted by Crippen LogP contribution is 2.43. The molecule has 0 bridgehead atoms. The van der Waals surface area contributed by atoms with Gasteiger partial charge in [0.15, 0.2) is 0 Å². The maximum atomic E-state index is 10.2. The molecule has 0 atom stereocenters. The van der Waals surface area contributed by atoms with Gasteiger partial charge in [-0.25, -0.2) is 0 Å². The topological polar surface area (TPSA) is 29.5 Å². The van der Waals surface area contributed by atoms with Gasteiger partial charge in [0.2, 0.25) is 0 Å². The minimum absolute atomic E-state index is 0.0263. The summed E-state index contributed by atoms with van der Waals surface area (Å²) in [5.74, 6) is 1.17. The standard InChI is InChI=1S/C14H22O2/c1-6-14(4,7-2)12-11(16-5)9-8-10(3)13(12)15/h8-9,15H,6-7H2,1-5H3. The molecule has 0 radical (unpaired) electrons. The van der Waals surface area contributed by atoms with Gasteiger partial charge < -0.3 is 9.84 Å². The molecule has 0 aliphatic carbocycles. The van der Waals surface area contributed by atoms with Gasteiger partial charge in [-0.2, -0.15) is 0 Å². The SMILES string of the molecule is CCC(C)(CC)c1c(OC)ccc(C)c1O. The average molecular weight is 222 g/mol. The van der Waals surface area contributed by atoms with Crippen LogP contribution in [0.25, 0.3) is 0 Å². The Morgan fingerprint density at radius 3 is 2.25 bits per heavy atom. The first kappa shape index (κ1) is 12.9. The van der Waals surface area contributed by atoms with Gasteiger partial charge in [0.05, 0.1) is 7.11 Å². The van der Waals surface area contributed by atoms with E-state index in [1.54, 1.807) is 7.11 Å². The fourth-order valence-electron chi connectivity index (χ4n) is 2.03. The maximum Gasteiger partial charge on any atom is 0.126 e. The van der Waals surface area contributed by atoms with E-state index in [0.717, 1.165) is 29.7 Å². The Balaban J connectivity index is 3.45. The van der Waals surface area contributed by atoms with Gasteiger partial charge in [-0.1, -0.05) is 26.8 Å². The zero-order valence-electron chi connectivity index (χ0n) is 10.9. The molecular formula is C14H22O2. The lowest BCUT2D eigenvalue weighted by molar-refractivity contribution is 0.352. The number of aryl methyl sites for hydroxylation is 1. The van der Waals surface area contributed by atoms with Crippen molar-refractivity contribution >= 4 is 0 Å². The number of ether oxygens (including phenoxy) is 1. The number of rotatable bonds is 4. The summed E-state index contributed by atoms with van der Waals surface area (Å²) in [5, 5.41) is 10.2. The van der Waals surface area contributed by atoms with Crippen molar-refractivity contribution in [3.63, 3.8) is 0 Å². The Hall–Kier alpha value is -1.18.